The van der Waals surface area contributed by atoms with Crippen LogP contribution in [0.2, 0.25) is 5.02 Å². The maximum Gasteiger partial charge on any atom is 0.151 e. The molecule has 0 unspecified atom stereocenters. The van der Waals surface area contributed by atoms with Crippen molar-refractivity contribution in [2.75, 3.05) is 6.26 Å². The maximum absolute atomic E-state index is 11.2. The zero-order chi connectivity index (χ0) is 11.1. The summed E-state index contributed by atoms with van der Waals surface area (Å²) < 4.78 is 23.4. The summed E-state index contributed by atoms with van der Waals surface area (Å²) in [4.78, 5) is 0. The third-order valence-electron chi connectivity index (χ3n) is 2.04. The van der Waals surface area contributed by atoms with Crippen LogP contribution in [-0.2, 0) is 15.6 Å². The summed E-state index contributed by atoms with van der Waals surface area (Å²) in [6, 6.07) is 5.50. The molecule has 2 nitrogen and oxygen atoms in total. The summed E-state index contributed by atoms with van der Waals surface area (Å²) in [7, 11) is -2.97. The third kappa shape index (κ3) is 2.51. The molecule has 0 fully saturated rings. The minimum Gasteiger partial charge on any atom is -0.229 e. The van der Waals surface area contributed by atoms with E-state index in [9.17, 15) is 8.42 Å². The monoisotopic (exact) mass is 260 g/mol. The van der Waals surface area contributed by atoms with Gasteiger partial charge in [0.25, 0.3) is 0 Å². The number of hydrogen-bond donors (Lipinski definition) is 0. The van der Waals surface area contributed by atoms with E-state index in [1.807, 2.05) is 17.5 Å². The normalized spacial score (nSPS) is 12.1. The van der Waals surface area contributed by atoms with Crippen molar-refractivity contribution in [1.82, 2.24) is 0 Å². The lowest BCUT2D eigenvalue weighted by molar-refractivity contribution is 0.601. The number of sulfone groups is 1. The summed E-state index contributed by atoms with van der Waals surface area (Å²) in [5, 5.41) is 3.53. The molecule has 0 aliphatic rings. The first-order valence-corrected chi connectivity index (χ1v) is 7.61. The van der Waals surface area contributed by atoms with Gasteiger partial charge in [0.15, 0.2) is 9.84 Å². The average Bonchev–Trinajstić information content (AvgIpc) is 2.45. The number of halogens is 1. The van der Waals surface area contributed by atoms with Gasteiger partial charge in [-0.05, 0) is 28.5 Å². The van der Waals surface area contributed by atoms with E-state index in [0.717, 1.165) is 15.6 Å². The molecular weight excluding hydrogens is 252 g/mol. The molecule has 0 saturated carbocycles. The van der Waals surface area contributed by atoms with Gasteiger partial charge < -0.3 is 0 Å². The summed E-state index contributed by atoms with van der Waals surface area (Å²) in [6.07, 6.45) is 1.24. The van der Waals surface area contributed by atoms with E-state index >= 15 is 0 Å². The lowest BCUT2D eigenvalue weighted by Gasteiger charge is -1.97. The molecule has 0 aliphatic heterocycles. The molecule has 0 aliphatic carbocycles. The van der Waals surface area contributed by atoms with E-state index in [-0.39, 0.29) is 5.75 Å². The van der Waals surface area contributed by atoms with E-state index in [2.05, 4.69) is 0 Å². The first-order valence-electron chi connectivity index (χ1n) is 4.29. The quantitative estimate of drug-likeness (QED) is 0.832. The highest BCUT2D eigenvalue weighted by Gasteiger charge is 2.10. The molecule has 2 aromatic rings. The first-order chi connectivity index (χ1) is 6.96. The highest BCUT2D eigenvalue weighted by atomic mass is 35.5. The van der Waals surface area contributed by atoms with Crippen LogP contribution in [0.4, 0.5) is 0 Å². The van der Waals surface area contributed by atoms with Gasteiger partial charge in [0.1, 0.15) is 0 Å². The van der Waals surface area contributed by atoms with Crippen LogP contribution < -0.4 is 0 Å². The van der Waals surface area contributed by atoms with Crippen molar-refractivity contribution in [3.63, 3.8) is 0 Å². The van der Waals surface area contributed by atoms with Crippen LogP contribution in [-0.4, -0.2) is 14.7 Å². The van der Waals surface area contributed by atoms with E-state index in [0.29, 0.717) is 5.02 Å². The molecule has 1 aromatic heterocycles. The number of rotatable bonds is 2. The van der Waals surface area contributed by atoms with Crippen LogP contribution in [0, 0.1) is 0 Å². The molecule has 80 valence electrons. The van der Waals surface area contributed by atoms with Gasteiger partial charge in [0.2, 0.25) is 0 Å². The van der Waals surface area contributed by atoms with Crippen molar-refractivity contribution in [2.45, 2.75) is 5.75 Å². The predicted molar refractivity (Wildman–Crippen MR) is 65.4 cm³/mol. The lowest BCUT2D eigenvalue weighted by Crippen LogP contribution is -1.99. The van der Waals surface area contributed by atoms with Gasteiger partial charge in [-0.15, -0.1) is 11.3 Å². The SMILES string of the molecule is CS(=O)(=O)Cc1csc2cc(Cl)ccc12. The molecule has 1 aromatic carbocycles. The molecule has 0 saturated heterocycles. The molecular formula is C10H9ClO2S2. The molecule has 0 atom stereocenters. The van der Waals surface area contributed by atoms with Crippen molar-refractivity contribution in [3.8, 4) is 0 Å². The van der Waals surface area contributed by atoms with Crippen molar-refractivity contribution in [1.29, 1.82) is 0 Å². The predicted octanol–water partition coefficient (Wildman–Crippen LogP) is 3.10. The Balaban J connectivity index is 2.55. The second-order valence-electron chi connectivity index (χ2n) is 3.47. The van der Waals surface area contributed by atoms with Crippen LogP contribution in [0.5, 0.6) is 0 Å². The Labute approximate surface area is 97.4 Å². The van der Waals surface area contributed by atoms with Crippen molar-refractivity contribution in [2.24, 2.45) is 0 Å². The zero-order valence-electron chi connectivity index (χ0n) is 8.03. The van der Waals surface area contributed by atoms with Crippen LogP contribution in [0.3, 0.4) is 0 Å². The summed E-state index contributed by atoms with van der Waals surface area (Å²) in [6.45, 7) is 0. The van der Waals surface area contributed by atoms with Gasteiger partial charge in [0, 0.05) is 16.0 Å². The smallest absolute Gasteiger partial charge is 0.151 e. The standard InChI is InChI=1S/C10H9ClO2S2/c1-15(12,13)6-7-5-14-10-4-8(11)2-3-9(7)10/h2-5H,6H2,1H3. The maximum atomic E-state index is 11.2. The van der Waals surface area contributed by atoms with Gasteiger partial charge in [-0.25, -0.2) is 8.42 Å². The number of benzene rings is 1. The number of fused-ring (bicyclic) bond motifs is 1. The van der Waals surface area contributed by atoms with E-state index < -0.39 is 9.84 Å². The fraction of sp³-hybridized carbons (Fsp3) is 0.200. The first kappa shape index (κ1) is 10.9. The molecule has 0 bridgehead atoms. The van der Waals surface area contributed by atoms with Crippen LogP contribution in [0.1, 0.15) is 5.56 Å². The molecule has 1 heterocycles. The van der Waals surface area contributed by atoms with E-state index in [1.165, 1.54) is 17.6 Å². The summed E-state index contributed by atoms with van der Waals surface area (Å²) >= 11 is 7.37. The Morgan fingerprint density at radius 1 is 1.40 bits per heavy atom. The minimum absolute atomic E-state index is 0.0919. The molecule has 2 rings (SSSR count). The topological polar surface area (TPSA) is 34.1 Å². The molecule has 0 N–H and O–H groups in total. The highest BCUT2D eigenvalue weighted by Crippen LogP contribution is 2.29. The van der Waals surface area contributed by atoms with Gasteiger partial charge >= 0.3 is 0 Å². The van der Waals surface area contributed by atoms with Crippen molar-refractivity contribution in [3.05, 3.63) is 34.2 Å². The Morgan fingerprint density at radius 2 is 2.13 bits per heavy atom. The lowest BCUT2D eigenvalue weighted by atomic mass is 10.2. The van der Waals surface area contributed by atoms with E-state index in [4.69, 9.17) is 11.6 Å². The second kappa shape index (κ2) is 3.77. The molecule has 0 radical (unpaired) electrons. The van der Waals surface area contributed by atoms with Crippen LogP contribution in [0.25, 0.3) is 10.1 Å². The Hall–Kier alpha value is -0.580. The minimum atomic E-state index is -2.97. The average molecular weight is 261 g/mol. The Bertz CT molecular complexity index is 599. The fourth-order valence-electron chi connectivity index (χ4n) is 1.45. The second-order valence-corrected chi connectivity index (χ2v) is 6.96. The van der Waals surface area contributed by atoms with Crippen molar-refractivity contribution >= 4 is 42.9 Å². The summed E-state index contributed by atoms with van der Waals surface area (Å²) in [5.41, 5.74) is 0.856. The van der Waals surface area contributed by atoms with Gasteiger partial charge in [-0.2, -0.15) is 0 Å². The van der Waals surface area contributed by atoms with Gasteiger partial charge in [-0.1, -0.05) is 17.7 Å². The van der Waals surface area contributed by atoms with Gasteiger partial charge in [0.05, 0.1) is 5.75 Å². The summed E-state index contributed by atoms with van der Waals surface area (Å²) in [5.74, 6) is 0.0919. The van der Waals surface area contributed by atoms with Gasteiger partial charge in [-0.3, -0.25) is 0 Å². The third-order valence-corrected chi connectivity index (χ3v) is 4.10. The largest absolute Gasteiger partial charge is 0.229 e. The molecule has 15 heavy (non-hydrogen) atoms. The number of hydrogen-bond acceptors (Lipinski definition) is 3. The Morgan fingerprint density at radius 3 is 2.80 bits per heavy atom. The molecule has 0 spiro atoms. The zero-order valence-corrected chi connectivity index (χ0v) is 10.4. The molecule has 5 heteroatoms. The molecule has 0 amide bonds. The van der Waals surface area contributed by atoms with Crippen molar-refractivity contribution < 1.29 is 8.42 Å². The highest BCUT2D eigenvalue weighted by molar-refractivity contribution is 7.89. The van der Waals surface area contributed by atoms with Crippen LogP contribution in [0.15, 0.2) is 23.6 Å². The number of thiophene rings is 1. The van der Waals surface area contributed by atoms with E-state index in [1.54, 1.807) is 6.07 Å². The fourth-order valence-corrected chi connectivity index (χ4v) is 3.60. The Kier molecular flexibility index (Phi) is 2.75. The van der Waals surface area contributed by atoms with Crippen LogP contribution >= 0.6 is 22.9 Å².